The van der Waals surface area contributed by atoms with Gasteiger partial charge in [-0.15, -0.1) is 0 Å². The smallest absolute Gasteiger partial charge is 0.0996 e. The van der Waals surface area contributed by atoms with E-state index in [0.717, 1.165) is 5.69 Å². The lowest BCUT2D eigenvalue weighted by Gasteiger charge is -2.09. The summed E-state index contributed by atoms with van der Waals surface area (Å²) in [5.41, 5.74) is 4.25. The Balaban J connectivity index is 2.53. The van der Waals surface area contributed by atoms with E-state index in [1.165, 1.54) is 11.1 Å². The Bertz CT molecular complexity index is 454. The van der Waals surface area contributed by atoms with Crippen LogP contribution in [0.5, 0.6) is 0 Å². The molecular formula is C12H14N2O. The lowest BCUT2D eigenvalue weighted by Crippen LogP contribution is -1.96. The molecule has 1 N–H and O–H groups in total. The van der Waals surface area contributed by atoms with Crippen LogP contribution in [-0.4, -0.2) is 14.7 Å². The van der Waals surface area contributed by atoms with E-state index in [9.17, 15) is 0 Å². The van der Waals surface area contributed by atoms with Gasteiger partial charge in [0.15, 0.2) is 0 Å². The van der Waals surface area contributed by atoms with Gasteiger partial charge in [-0.25, -0.2) is 4.98 Å². The number of hydrogen-bond acceptors (Lipinski definition) is 2. The van der Waals surface area contributed by atoms with E-state index in [1.807, 2.05) is 16.8 Å². The van der Waals surface area contributed by atoms with Crippen LogP contribution in [0.3, 0.4) is 0 Å². The molecule has 2 rings (SSSR count). The van der Waals surface area contributed by atoms with E-state index >= 15 is 0 Å². The molecule has 1 aromatic carbocycles. The van der Waals surface area contributed by atoms with E-state index in [0.29, 0.717) is 5.69 Å². The SMILES string of the molecule is Cc1cccc(C)c1-n1cnc(CO)c1. The Labute approximate surface area is 89.0 Å². The van der Waals surface area contributed by atoms with Gasteiger partial charge in [-0.2, -0.15) is 0 Å². The maximum Gasteiger partial charge on any atom is 0.0996 e. The fourth-order valence-corrected chi connectivity index (χ4v) is 1.78. The van der Waals surface area contributed by atoms with Gasteiger partial charge in [0.25, 0.3) is 0 Å². The Morgan fingerprint density at radius 3 is 2.47 bits per heavy atom. The van der Waals surface area contributed by atoms with Crippen LogP contribution in [0.1, 0.15) is 16.8 Å². The number of imidazole rings is 1. The van der Waals surface area contributed by atoms with Crippen molar-refractivity contribution in [3.8, 4) is 5.69 Å². The Kier molecular flexibility index (Phi) is 2.56. The monoisotopic (exact) mass is 202 g/mol. The number of hydrogen-bond donors (Lipinski definition) is 1. The van der Waals surface area contributed by atoms with Crippen LogP contribution in [0.2, 0.25) is 0 Å². The first-order chi connectivity index (χ1) is 7.22. The summed E-state index contributed by atoms with van der Waals surface area (Å²) in [6, 6.07) is 6.18. The Hall–Kier alpha value is -1.61. The molecule has 0 fully saturated rings. The first-order valence-electron chi connectivity index (χ1n) is 4.92. The number of aliphatic hydroxyl groups is 1. The average Bonchev–Trinajstić information content (AvgIpc) is 2.66. The van der Waals surface area contributed by atoms with Gasteiger partial charge in [0, 0.05) is 6.20 Å². The molecule has 0 atom stereocenters. The highest BCUT2D eigenvalue weighted by molar-refractivity contribution is 5.47. The van der Waals surface area contributed by atoms with Gasteiger partial charge in [0.05, 0.1) is 24.3 Å². The predicted octanol–water partition coefficient (Wildman–Crippen LogP) is 1.98. The molecular weight excluding hydrogens is 188 g/mol. The summed E-state index contributed by atoms with van der Waals surface area (Å²) in [4.78, 5) is 4.11. The number of nitrogens with zero attached hydrogens (tertiary/aromatic N) is 2. The average molecular weight is 202 g/mol. The maximum atomic E-state index is 8.96. The van der Waals surface area contributed by atoms with Gasteiger partial charge in [-0.05, 0) is 25.0 Å². The molecule has 0 aliphatic heterocycles. The molecule has 0 amide bonds. The molecule has 0 saturated heterocycles. The quantitative estimate of drug-likeness (QED) is 0.808. The highest BCUT2D eigenvalue weighted by Gasteiger charge is 2.05. The molecule has 2 aromatic rings. The molecule has 15 heavy (non-hydrogen) atoms. The highest BCUT2D eigenvalue weighted by Crippen LogP contribution is 2.18. The van der Waals surface area contributed by atoms with Crippen molar-refractivity contribution >= 4 is 0 Å². The van der Waals surface area contributed by atoms with Gasteiger partial charge >= 0.3 is 0 Å². The zero-order valence-corrected chi connectivity index (χ0v) is 8.94. The van der Waals surface area contributed by atoms with Gasteiger partial charge in [-0.1, -0.05) is 18.2 Å². The number of aromatic nitrogens is 2. The summed E-state index contributed by atoms with van der Waals surface area (Å²) in [7, 11) is 0. The first kappa shape index (κ1) is 9.93. The van der Waals surface area contributed by atoms with Crippen LogP contribution in [-0.2, 0) is 6.61 Å². The Morgan fingerprint density at radius 2 is 1.93 bits per heavy atom. The fourth-order valence-electron chi connectivity index (χ4n) is 1.78. The van der Waals surface area contributed by atoms with E-state index < -0.39 is 0 Å². The molecule has 1 aromatic heterocycles. The molecule has 78 valence electrons. The van der Waals surface area contributed by atoms with Crippen molar-refractivity contribution in [3.63, 3.8) is 0 Å². The van der Waals surface area contributed by atoms with E-state index in [-0.39, 0.29) is 6.61 Å². The molecule has 0 spiro atoms. The second-order valence-electron chi connectivity index (χ2n) is 3.67. The third-order valence-corrected chi connectivity index (χ3v) is 2.50. The van der Waals surface area contributed by atoms with E-state index in [2.05, 4.69) is 31.0 Å². The first-order valence-corrected chi connectivity index (χ1v) is 4.92. The van der Waals surface area contributed by atoms with Crippen LogP contribution in [0, 0.1) is 13.8 Å². The zero-order valence-electron chi connectivity index (χ0n) is 8.94. The fraction of sp³-hybridized carbons (Fsp3) is 0.250. The van der Waals surface area contributed by atoms with Crippen molar-refractivity contribution in [2.75, 3.05) is 0 Å². The third kappa shape index (κ3) is 1.78. The third-order valence-electron chi connectivity index (χ3n) is 2.50. The van der Waals surface area contributed by atoms with Crippen LogP contribution < -0.4 is 0 Å². The van der Waals surface area contributed by atoms with Crippen molar-refractivity contribution in [2.45, 2.75) is 20.5 Å². The normalized spacial score (nSPS) is 10.6. The maximum absolute atomic E-state index is 8.96. The number of para-hydroxylation sites is 1. The topological polar surface area (TPSA) is 38.0 Å². The molecule has 0 bridgehead atoms. The summed E-state index contributed by atoms with van der Waals surface area (Å²) < 4.78 is 1.95. The van der Waals surface area contributed by atoms with Crippen molar-refractivity contribution in [1.29, 1.82) is 0 Å². The molecule has 3 heteroatoms. The predicted molar refractivity (Wildman–Crippen MR) is 59.0 cm³/mol. The minimum absolute atomic E-state index is 0.0159. The molecule has 0 unspecified atom stereocenters. The van der Waals surface area contributed by atoms with Crippen molar-refractivity contribution < 1.29 is 5.11 Å². The van der Waals surface area contributed by atoms with Crippen molar-refractivity contribution in [3.05, 3.63) is 47.5 Å². The van der Waals surface area contributed by atoms with Crippen LogP contribution >= 0.6 is 0 Å². The van der Waals surface area contributed by atoms with Crippen molar-refractivity contribution in [1.82, 2.24) is 9.55 Å². The van der Waals surface area contributed by atoms with E-state index in [1.54, 1.807) is 6.33 Å². The molecule has 0 saturated carbocycles. The number of rotatable bonds is 2. The molecule has 3 nitrogen and oxygen atoms in total. The largest absolute Gasteiger partial charge is 0.390 e. The van der Waals surface area contributed by atoms with Crippen molar-refractivity contribution in [2.24, 2.45) is 0 Å². The lowest BCUT2D eigenvalue weighted by molar-refractivity contribution is 0.277. The highest BCUT2D eigenvalue weighted by atomic mass is 16.3. The number of aliphatic hydroxyl groups excluding tert-OH is 1. The molecule has 0 aliphatic rings. The van der Waals surface area contributed by atoms with Crippen LogP contribution in [0.25, 0.3) is 5.69 Å². The summed E-state index contributed by atoms with van der Waals surface area (Å²) >= 11 is 0. The number of benzene rings is 1. The van der Waals surface area contributed by atoms with Gasteiger partial charge in [0.2, 0.25) is 0 Å². The minimum atomic E-state index is -0.0159. The van der Waals surface area contributed by atoms with E-state index in [4.69, 9.17) is 5.11 Å². The molecule has 0 radical (unpaired) electrons. The lowest BCUT2D eigenvalue weighted by atomic mass is 10.1. The standard InChI is InChI=1S/C12H14N2O/c1-9-4-3-5-10(2)12(9)14-6-11(7-15)13-8-14/h3-6,8,15H,7H2,1-2H3. The van der Waals surface area contributed by atoms with Crippen LogP contribution in [0.15, 0.2) is 30.7 Å². The zero-order chi connectivity index (χ0) is 10.8. The summed E-state index contributed by atoms with van der Waals surface area (Å²) in [5, 5.41) is 8.96. The van der Waals surface area contributed by atoms with Gasteiger partial charge in [0.1, 0.15) is 0 Å². The Morgan fingerprint density at radius 1 is 1.27 bits per heavy atom. The molecule has 1 heterocycles. The summed E-state index contributed by atoms with van der Waals surface area (Å²) in [6.07, 6.45) is 3.59. The van der Waals surface area contributed by atoms with Crippen LogP contribution in [0.4, 0.5) is 0 Å². The minimum Gasteiger partial charge on any atom is -0.390 e. The summed E-state index contributed by atoms with van der Waals surface area (Å²) in [5.74, 6) is 0. The molecule has 0 aliphatic carbocycles. The van der Waals surface area contributed by atoms with Gasteiger partial charge < -0.3 is 9.67 Å². The second-order valence-corrected chi connectivity index (χ2v) is 3.67. The number of aryl methyl sites for hydroxylation is 2. The van der Waals surface area contributed by atoms with Gasteiger partial charge in [-0.3, -0.25) is 0 Å². The summed E-state index contributed by atoms with van der Waals surface area (Å²) in [6.45, 7) is 4.12. The second kappa shape index (κ2) is 3.87.